The lowest BCUT2D eigenvalue weighted by Gasteiger charge is -2.33. The van der Waals surface area contributed by atoms with Crippen LogP contribution >= 0.6 is 0 Å². The molecule has 1 heterocycles. The lowest BCUT2D eigenvalue weighted by atomic mass is 9.75. The van der Waals surface area contributed by atoms with Crippen molar-refractivity contribution < 1.29 is 21.6 Å². The minimum absolute atomic E-state index is 0.224. The van der Waals surface area contributed by atoms with Gasteiger partial charge in [-0.25, -0.2) is 8.42 Å². The van der Waals surface area contributed by atoms with Gasteiger partial charge in [0.1, 0.15) is 5.41 Å². The molecule has 1 aromatic carbocycles. The fraction of sp³-hybridized carbons (Fsp3) is 0.231. The average molecular weight is 285 g/mol. The molecular weight excluding hydrogens is 277 g/mol. The number of hydrogen-bond acceptors (Lipinski definition) is 2. The Kier molecular flexibility index (Phi) is 2.30. The van der Waals surface area contributed by atoms with E-state index in [9.17, 15) is 21.6 Å². The third kappa shape index (κ3) is 1.35. The molecule has 0 saturated carbocycles. The van der Waals surface area contributed by atoms with E-state index in [0.717, 1.165) is 6.08 Å². The van der Waals surface area contributed by atoms with Crippen molar-refractivity contribution in [3.05, 3.63) is 53.0 Å². The molecule has 6 heteroatoms. The van der Waals surface area contributed by atoms with E-state index in [1.165, 1.54) is 30.4 Å². The summed E-state index contributed by atoms with van der Waals surface area (Å²) in [6, 6.07) is 6.34. The number of fused-ring (bicyclic) bond motifs is 3. The van der Waals surface area contributed by atoms with Gasteiger partial charge in [0.05, 0.1) is 9.80 Å². The number of benzene rings is 1. The van der Waals surface area contributed by atoms with Gasteiger partial charge in [0.2, 0.25) is 9.84 Å². The van der Waals surface area contributed by atoms with Gasteiger partial charge >= 0.3 is 6.18 Å². The Hall–Kier alpha value is -1.56. The average Bonchev–Trinajstić information content (AvgIpc) is 2.57. The summed E-state index contributed by atoms with van der Waals surface area (Å²) >= 11 is 0. The van der Waals surface area contributed by atoms with Crippen LogP contribution in [0.5, 0.6) is 0 Å². The summed E-state index contributed by atoms with van der Waals surface area (Å²) < 4.78 is 65.1. The van der Waals surface area contributed by atoms with Crippen LogP contribution in [-0.4, -0.2) is 14.6 Å². The molecule has 19 heavy (non-hydrogen) atoms. The molecule has 0 aromatic heterocycles. The molecule has 99 valence electrons. The van der Waals surface area contributed by atoms with E-state index < -0.39 is 32.8 Å². The molecule has 1 atom stereocenters. The summed E-state index contributed by atoms with van der Waals surface area (Å²) in [4.78, 5) is -0.949. The van der Waals surface area contributed by atoms with Crippen molar-refractivity contribution in [3.8, 4) is 0 Å². The van der Waals surface area contributed by atoms with Crippen molar-refractivity contribution in [3.63, 3.8) is 0 Å². The fourth-order valence-corrected chi connectivity index (χ4v) is 4.70. The molecule has 0 fully saturated rings. The summed E-state index contributed by atoms with van der Waals surface area (Å²) in [5.74, 6) is 0. The summed E-state index contributed by atoms with van der Waals surface area (Å²) in [7, 11) is -4.11. The van der Waals surface area contributed by atoms with E-state index >= 15 is 0 Å². The highest BCUT2D eigenvalue weighted by Crippen LogP contribution is 2.59. The molecule has 0 N–H and O–H groups in total. The first-order valence-corrected chi connectivity index (χ1v) is 7.00. The first kappa shape index (κ1) is 12.5. The molecule has 0 bridgehead atoms. The number of rotatable bonds is 0. The Morgan fingerprint density at radius 1 is 1.32 bits per heavy atom. The zero-order valence-electron chi connectivity index (χ0n) is 9.53. The van der Waals surface area contributed by atoms with Crippen molar-refractivity contribution in [2.24, 2.45) is 0 Å². The molecule has 1 radical (unpaired) electrons. The Morgan fingerprint density at radius 3 is 2.74 bits per heavy atom. The molecule has 1 aliphatic carbocycles. The van der Waals surface area contributed by atoms with Gasteiger partial charge in [0.25, 0.3) is 0 Å². The molecule has 2 aliphatic rings. The van der Waals surface area contributed by atoms with Crippen molar-refractivity contribution in [1.82, 2.24) is 0 Å². The quantitative estimate of drug-likeness (QED) is 0.734. The van der Waals surface area contributed by atoms with E-state index in [-0.39, 0.29) is 10.5 Å². The van der Waals surface area contributed by atoms with Crippen LogP contribution in [0.15, 0.2) is 46.2 Å². The molecule has 2 nitrogen and oxygen atoms in total. The highest BCUT2D eigenvalue weighted by Gasteiger charge is 2.66. The Bertz CT molecular complexity index is 714. The van der Waals surface area contributed by atoms with Gasteiger partial charge in [0.15, 0.2) is 0 Å². The van der Waals surface area contributed by atoms with E-state index in [1.807, 2.05) is 0 Å². The van der Waals surface area contributed by atoms with E-state index in [2.05, 4.69) is 6.07 Å². The van der Waals surface area contributed by atoms with Crippen molar-refractivity contribution >= 4 is 9.84 Å². The highest BCUT2D eigenvalue weighted by molar-refractivity contribution is 7.95. The first-order valence-electron chi connectivity index (χ1n) is 5.52. The number of allylic oxidation sites excluding steroid dienone is 4. The maximum absolute atomic E-state index is 13.6. The summed E-state index contributed by atoms with van der Waals surface area (Å²) in [5.41, 5.74) is -2.67. The van der Waals surface area contributed by atoms with Crippen LogP contribution < -0.4 is 0 Å². The fourth-order valence-electron chi connectivity index (χ4n) is 2.70. The lowest BCUT2D eigenvalue weighted by molar-refractivity contribution is -0.176. The predicted molar refractivity (Wildman–Crippen MR) is 62.0 cm³/mol. The maximum atomic E-state index is 13.6. The monoisotopic (exact) mass is 285 g/mol. The summed E-state index contributed by atoms with van der Waals surface area (Å²) in [6.07, 6.45) is -1.33. The topological polar surface area (TPSA) is 34.1 Å². The van der Waals surface area contributed by atoms with E-state index in [4.69, 9.17) is 0 Å². The van der Waals surface area contributed by atoms with Gasteiger partial charge in [-0.1, -0.05) is 30.4 Å². The van der Waals surface area contributed by atoms with Crippen molar-refractivity contribution in [2.75, 3.05) is 0 Å². The van der Waals surface area contributed by atoms with Crippen LogP contribution in [0.2, 0.25) is 0 Å². The van der Waals surface area contributed by atoms with Gasteiger partial charge in [-0.05, 0) is 18.1 Å². The summed E-state index contributed by atoms with van der Waals surface area (Å²) in [6.45, 7) is 0. The normalized spacial score (nSPS) is 27.6. The van der Waals surface area contributed by atoms with Gasteiger partial charge in [0, 0.05) is 6.07 Å². The molecule has 0 spiro atoms. The third-order valence-corrected chi connectivity index (χ3v) is 5.49. The second-order valence-corrected chi connectivity index (χ2v) is 6.34. The largest absolute Gasteiger partial charge is 0.403 e. The third-order valence-electron chi connectivity index (χ3n) is 3.55. The Labute approximate surface area is 108 Å². The molecule has 0 saturated heterocycles. The minimum atomic E-state index is -4.67. The maximum Gasteiger partial charge on any atom is 0.403 e. The van der Waals surface area contributed by atoms with Crippen LogP contribution in [0.4, 0.5) is 13.2 Å². The van der Waals surface area contributed by atoms with Gasteiger partial charge in [-0.15, -0.1) is 0 Å². The highest BCUT2D eigenvalue weighted by atomic mass is 32.2. The van der Waals surface area contributed by atoms with E-state index in [0.29, 0.717) is 0 Å². The number of hydrogen-bond donors (Lipinski definition) is 0. The number of sulfone groups is 1. The molecule has 1 aliphatic heterocycles. The second-order valence-electron chi connectivity index (χ2n) is 4.48. The zero-order valence-corrected chi connectivity index (χ0v) is 10.3. The number of alkyl halides is 3. The van der Waals surface area contributed by atoms with Crippen LogP contribution in [0.3, 0.4) is 0 Å². The molecule has 1 unspecified atom stereocenters. The molecule has 0 amide bonds. The SMILES string of the molecule is O=S1(=O)C2=CC=CCC2(C(F)(F)F)c2ccc[c]c21. The molecule has 3 rings (SSSR count). The van der Waals surface area contributed by atoms with E-state index in [1.54, 1.807) is 0 Å². The smallest absolute Gasteiger partial charge is 0.219 e. The van der Waals surface area contributed by atoms with Crippen molar-refractivity contribution in [2.45, 2.75) is 22.9 Å². The first-order chi connectivity index (χ1) is 8.82. The van der Waals surface area contributed by atoms with Crippen LogP contribution in [0.1, 0.15) is 12.0 Å². The van der Waals surface area contributed by atoms with Crippen LogP contribution in [-0.2, 0) is 15.3 Å². The van der Waals surface area contributed by atoms with Crippen LogP contribution in [0.25, 0.3) is 0 Å². The Morgan fingerprint density at radius 2 is 2.05 bits per heavy atom. The standard InChI is InChI=1S/C13H8F3O2S/c14-13(15,16)12-8-4-3-7-11(12)19(17,18)10-6-2-1-5-9(10)12/h1-5,7H,8H2. The lowest BCUT2D eigenvalue weighted by Crippen LogP contribution is -2.43. The number of halogens is 3. The van der Waals surface area contributed by atoms with Gasteiger partial charge < -0.3 is 0 Å². The zero-order chi connectivity index (χ0) is 13.9. The molecule has 1 aromatic rings. The molecular formula is C13H8F3O2S. The van der Waals surface area contributed by atoms with Gasteiger partial charge in [-0.3, -0.25) is 0 Å². The van der Waals surface area contributed by atoms with Crippen molar-refractivity contribution in [1.29, 1.82) is 0 Å². The van der Waals surface area contributed by atoms with Gasteiger partial charge in [-0.2, -0.15) is 13.2 Å². The second kappa shape index (κ2) is 3.50. The minimum Gasteiger partial charge on any atom is -0.219 e. The summed E-state index contributed by atoms with van der Waals surface area (Å²) in [5, 5.41) is 0. The Balaban J connectivity index is 2.46. The van der Waals surface area contributed by atoms with Crippen LogP contribution in [0, 0.1) is 6.07 Å². The predicted octanol–water partition coefficient (Wildman–Crippen LogP) is 2.92.